The number of ether oxygens (including phenoxy) is 1. The number of esters is 1. The lowest BCUT2D eigenvalue weighted by molar-refractivity contribution is -0.135. The topological polar surface area (TPSA) is 137 Å². The number of hydrogen-bond donors (Lipinski definition) is 4. The molecule has 4 N–H and O–H groups in total. The molecule has 0 saturated heterocycles. The zero-order valence-corrected chi connectivity index (χ0v) is 18.6. The van der Waals surface area contributed by atoms with Crippen molar-refractivity contribution in [1.29, 1.82) is 0 Å². The number of phenolic OH excluding ortho intramolecular Hbond substituents is 3. The number of benzene rings is 4. The standard InChI is InChI=1S/C28H18O8/c29-18-9-8-14(10-19(18)30)27-26(34)25(33)24-20(31)12-21-23(28(24)36-27)17(11-22(32)35-21)16-7-3-5-13-4-1-2-6-15(13)16/h1-10,12,17,29-31,34H,11H2. The molecule has 5 aromatic rings. The molecule has 36 heavy (non-hydrogen) atoms. The fraction of sp³-hybridized carbons (Fsp3) is 0.0714. The minimum absolute atomic E-state index is 0.0409. The maximum Gasteiger partial charge on any atom is 0.312 e. The molecule has 1 aliphatic heterocycles. The molecule has 8 heteroatoms. The third-order valence-corrected chi connectivity index (χ3v) is 6.50. The number of fused-ring (bicyclic) bond motifs is 4. The molecule has 0 saturated carbocycles. The number of carbonyl (C=O) groups excluding carboxylic acids is 1. The maximum absolute atomic E-state index is 13.2. The van der Waals surface area contributed by atoms with Gasteiger partial charge < -0.3 is 29.6 Å². The molecule has 0 spiro atoms. The first-order valence-electron chi connectivity index (χ1n) is 11.1. The molecule has 0 fully saturated rings. The number of carbonyl (C=O) groups is 1. The Morgan fingerprint density at radius 3 is 2.39 bits per heavy atom. The Balaban J connectivity index is 1.71. The second kappa shape index (κ2) is 7.78. The van der Waals surface area contributed by atoms with Crippen LogP contribution in [0.1, 0.15) is 23.5 Å². The van der Waals surface area contributed by atoms with Gasteiger partial charge >= 0.3 is 5.97 Å². The van der Waals surface area contributed by atoms with Gasteiger partial charge in [-0.3, -0.25) is 9.59 Å². The Morgan fingerprint density at radius 1 is 0.806 bits per heavy atom. The van der Waals surface area contributed by atoms with E-state index in [1.807, 2.05) is 42.5 Å². The van der Waals surface area contributed by atoms with E-state index in [-0.39, 0.29) is 40.2 Å². The van der Waals surface area contributed by atoms with Gasteiger partial charge in [-0.05, 0) is 34.5 Å². The monoisotopic (exact) mass is 482 g/mol. The fourth-order valence-corrected chi connectivity index (χ4v) is 4.86. The molecular weight excluding hydrogens is 464 g/mol. The molecule has 1 aromatic heterocycles. The van der Waals surface area contributed by atoms with E-state index >= 15 is 0 Å². The second-order valence-electron chi connectivity index (χ2n) is 8.62. The summed E-state index contributed by atoms with van der Waals surface area (Å²) in [5, 5.41) is 42.5. The van der Waals surface area contributed by atoms with Crippen LogP contribution in [-0.4, -0.2) is 26.4 Å². The van der Waals surface area contributed by atoms with Crippen LogP contribution in [0.4, 0.5) is 0 Å². The quantitative estimate of drug-likeness (QED) is 0.159. The predicted molar refractivity (Wildman–Crippen MR) is 131 cm³/mol. The van der Waals surface area contributed by atoms with E-state index in [0.29, 0.717) is 5.56 Å². The molecule has 178 valence electrons. The van der Waals surface area contributed by atoms with Crippen LogP contribution in [-0.2, 0) is 4.79 Å². The van der Waals surface area contributed by atoms with Crippen molar-refractivity contribution in [1.82, 2.24) is 0 Å². The first kappa shape index (κ1) is 21.5. The maximum atomic E-state index is 13.2. The molecule has 1 aliphatic rings. The summed E-state index contributed by atoms with van der Waals surface area (Å²) >= 11 is 0. The zero-order valence-electron chi connectivity index (χ0n) is 18.6. The highest BCUT2D eigenvalue weighted by Gasteiger charge is 2.35. The number of phenols is 3. The molecule has 6 rings (SSSR count). The summed E-state index contributed by atoms with van der Waals surface area (Å²) < 4.78 is 11.5. The van der Waals surface area contributed by atoms with E-state index in [0.717, 1.165) is 22.4 Å². The molecule has 0 amide bonds. The first-order chi connectivity index (χ1) is 17.3. The van der Waals surface area contributed by atoms with Gasteiger partial charge in [-0.2, -0.15) is 0 Å². The van der Waals surface area contributed by atoms with Crippen LogP contribution in [0.2, 0.25) is 0 Å². The Labute approximate surface area is 202 Å². The smallest absolute Gasteiger partial charge is 0.312 e. The molecular formula is C28H18O8. The van der Waals surface area contributed by atoms with Crippen LogP contribution in [0.15, 0.2) is 75.9 Å². The number of hydrogen-bond acceptors (Lipinski definition) is 8. The molecule has 8 nitrogen and oxygen atoms in total. The van der Waals surface area contributed by atoms with Gasteiger partial charge in [0.15, 0.2) is 17.3 Å². The van der Waals surface area contributed by atoms with Gasteiger partial charge in [0.2, 0.25) is 11.2 Å². The van der Waals surface area contributed by atoms with Crippen LogP contribution in [0.3, 0.4) is 0 Å². The largest absolute Gasteiger partial charge is 0.507 e. The van der Waals surface area contributed by atoms with Gasteiger partial charge in [0, 0.05) is 23.1 Å². The van der Waals surface area contributed by atoms with Gasteiger partial charge in [0.05, 0.1) is 6.42 Å². The third kappa shape index (κ3) is 3.15. The average molecular weight is 482 g/mol. The van der Waals surface area contributed by atoms with Crippen LogP contribution < -0.4 is 10.2 Å². The summed E-state index contributed by atoms with van der Waals surface area (Å²) in [6.07, 6.45) is -0.0409. The van der Waals surface area contributed by atoms with E-state index < -0.39 is 34.6 Å². The lowest BCUT2D eigenvalue weighted by Crippen LogP contribution is -2.22. The van der Waals surface area contributed by atoms with E-state index in [1.54, 1.807) is 0 Å². The minimum atomic E-state index is -0.896. The van der Waals surface area contributed by atoms with Crippen LogP contribution in [0.25, 0.3) is 33.1 Å². The van der Waals surface area contributed by atoms with Crippen molar-refractivity contribution in [3.8, 4) is 40.1 Å². The van der Waals surface area contributed by atoms with Gasteiger partial charge in [-0.25, -0.2) is 0 Å². The summed E-state index contributed by atoms with van der Waals surface area (Å²) in [6, 6.07) is 18.2. The summed E-state index contributed by atoms with van der Waals surface area (Å²) in [4.78, 5) is 25.8. The summed E-state index contributed by atoms with van der Waals surface area (Å²) in [7, 11) is 0. The molecule has 0 bridgehead atoms. The Bertz CT molecular complexity index is 1780. The Hall–Kier alpha value is -4.98. The lowest BCUT2D eigenvalue weighted by Gasteiger charge is -2.27. The van der Waals surface area contributed by atoms with E-state index in [4.69, 9.17) is 9.15 Å². The molecule has 2 heterocycles. The van der Waals surface area contributed by atoms with Gasteiger partial charge in [0.25, 0.3) is 0 Å². The third-order valence-electron chi connectivity index (χ3n) is 6.50. The number of aromatic hydroxyl groups is 4. The highest BCUT2D eigenvalue weighted by Crippen LogP contribution is 2.48. The van der Waals surface area contributed by atoms with Crippen molar-refractivity contribution in [2.24, 2.45) is 0 Å². The number of rotatable bonds is 2. The van der Waals surface area contributed by atoms with Crippen LogP contribution in [0, 0.1) is 0 Å². The van der Waals surface area contributed by atoms with E-state index in [1.165, 1.54) is 18.2 Å². The predicted octanol–water partition coefficient (Wildman–Crippen LogP) is 4.88. The average Bonchev–Trinajstić information content (AvgIpc) is 2.86. The summed E-state index contributed by atoms with van der Waals surface area (Å²) in [5.41, 5.74) is 0.347. The van der Waals surface area contributed by atoms with E-state index in [2.05, 4.69) is 0 Å². The lowest BCUT2D eigenvalue weighted by atomic mass is 9.83. The second-order valence-corrected chi connectivity index (χ2v) is 8.62. The van der Waals surface area contributed by atoms with E-state index in [9.17, 15) is 30.0 Å². The van der Waals surface area contributed by atoms with Gasteiger partial charge in [0.1, 0.15) is 22.5 Å². The van der Waals surface area contributed by atoms with Crippen molar-refractivity contribution in [2.75, 3.05) is 0 Å². The van der Waals surface area contributed by atoms with Crippen molar-refractivity contribution in [3.63, 3.8) is 0 Å². The summed E-state index contributed by atoms with van der Waals surface area (Å²) in [6.45, 7) is 0. The molecule has 1 atom stereocenters. The van der Waals surface area contributed by atoms with Crippen molar-refractivity contribution < 1.29 is 34.4 Å². The normalized spacial score (nSPS) is 15.1. The van der Waals surface area contributed by atoms with Crippen molar-refractivity contribution in [3.05, 3.63) is 88.1 Å². The van der Waals surface area contributed by atoms with Crippen molar-refractivity contribution in [2.45, 2.75) is 12.3 Å². The first-order valence-corrected chi connectivity index (χ1v) is 11.1. The van der Waals surface area contributed by atoms with Gasteiger partial charge in [-0.1, -0.05) is 42.5 Å². The highest BCUT2D eigenvalue weighted by molar-refractivity contribution is 5.96. The molecule has 0 radical (unpaired) electrons. The van der Waals surface area contributed by atoms with Gasteiger partial charge in [-0.15, -0.1) is 0 Å². The fourth-order valence-electron chi connectivity index (χ4n) is 4.86. The van der Waals surface area contributed by atoms with Crippen molar-refractivity contribution >= 4 is 27.7 Å². The zero-order chi connectivity index (χ0) is 25.1. The minimum Gasteiger partial charge on any atom is -0.507 e. The molecule has 4 aromatic carbocycles. The van der Waals surface area contributed by atoms with Crippen LogP contribution >= 0.6 is 0 Å². The highest BCUT2D eigenvalue weighted by atomic mass is 16.5. The molecule has 1 unspecified atom stereocenters. The Morgan fingerprint density at radius 2 is 1.58 bits per heavy atom. The molecule has 0 aliphatic carbocycles. The summed E-state index contributed by atoms with van der Waals surface area (Å²) in [5.74, 6) is -3.48. The van der Waals surface area contributed by atoms with Crippen LogP contribution in [0.5, 0.6) is 28.7 Å². The Kier molecular flexibility index (Phi) is 4.65. The SMILES string of the molecule is O=C1CC(c2cccc3ccccc23)c2c(cc(O)c3c(=O)c(O)c(-c4ccc(O)c(O)c4)oc23)O1.